The highest BCUT2D eigenvalue weighted by Gasteiger charge is 2.50. The minimum absolute atomic E-state index is 0.385. The molecule has 0 aromatic heterocycles. The van der Waals surface area contributed by atoms with Gasteiger partial charge in [-0.2, -0.15) is 0 Å². The molecule has 5 aliphatic rings. The Bertz CT molecular complexity index is 679. The normalized spacial score (nSPS) is 33.6. The third-order valence-corrected chi connectivity index (χ3v) is 8.53. The maximum absolute atomic E-state index is 10.5. The van der Waals surface area contributed by atoms with Gasteiger partial charge < -0.3 is 19.5 Å². The second-order valence-electron chi connectivity index (χ2n) is 10.9. The number of methoxy groups -OCH3 is 1. The summed E-state index contributed by atoms with van der Waals surface area (Å²) in [6, 6.07) is 8.29. The van der Waals surface area contributed by atoms with Gasteiger partial charge in [0, 0.05) is 45.0 Å². The highest BCUT2D eigenvalue weighted by atomic mass is 16.5. The van der Waals surface area contributed by atoms with Gasteiger partial charge in [-0.15, -0.1) is 0 Å². The van der Waals surface area contributed by atoms with Gasteiger partial charge in [0.2, 0.25) is 0 Å². The molecule has 5 fully saturated rings. The molecule has 1 N–H and O–H groups in total. The minimum atomic E-state index is -0.385. The lowest BCUT2D eigenvalue weighted by Gasteiger charge is -2.57. The van der Waals surface area contributed by atoms with Crippen LogP contribution in [0.15, 0.2) is 24.3 Å². The monoisotopic (exact) mass is 428 g/mol. The van der Waals surface area contributed by atoms with Crippen LogP contribution in [0, 0.1) is 23.2 Å². The topological polar surface area (TPSA) is 45.2 Å². The molecule has 0 unspecified atom stereocenters. The van der Waals surface area contributed by atoms with Gasteiger partial charge in [0.1, 0.15) is 5.75 Å². The first kappa shape index (κ1) is 21.5. The number of benzene rings is 1. The van der Waals surface area contributed by atoms with Crippen molar-refractivity contribution in [2.24, 2.45) is 23.2 Å². The van der Waals surface area contributed by atoms with E-state index in [0.717, 1.165) is 56.3 Å². The van der Waals surface area contributed by atoms with Gasteiger partial charge in [-0.05, 0) is 92.4 Å². The van der Waals surface area contributed by atoms with Crippen molar-refractivity contribution in [3.8, 4) is 5.75 Å². The van der Waals surface area contributed by atoms with E-state index >= 15 is 0 Å². The van der Waals surface area contributed by atoms with Crippen molar-refractivity contribution < 1.29 is 14.6 Å². The highest BCUT2D eigenvalue weighted by molar-refractivity contribution is 5.49. The molecule has 1 aliphatic heterocycles. The molecule has 1 heterocycles. The fourth-order valence-electron chi connectivity index (χ4n) is 7.44. The van der Waals surface area contributed by atoms with E-state index in [-0.39, 0.29) is 6.10 Å². The third-order valence-electron chi connectivity index (χ3n) is 8.53. The lowest BCUT2D eigenvalue weighted by Crippen LogP contribution is -2.49. The molecule has 0 radical (unpaired) electrons. The van der Waals surface area contributed by atoms with Crippen LogP contribution in [0.3, 0.4) is 0 Å². The summed E-state index contributed by atoms with van der Waals surface area (Å²) in [4.78, 5) is 4.78. The molecule has 1 atom stereocenters. The van der Waals surface area contributed by atoms with Crippen molar-refractivity contribution >= 4 is 5.69 Å². The summed E-state index contributed by atoms with van der Waals surface area (Å²) < 4.78 is 11.2. The number of β-amino-alcohol motifs (C(OH)–C–C–N with tert-alkyl or cyclic N) is 1. The van der Waals surface area contributed by atoms with Crippen molar-refractivity contribution in [3.63, 3.8) is 0 Å². The molecule has 5 nitrogen and oxygen atoms in total. The van der Waals surface area contributed by atoms with Gasteiger partial charge in [0.05, 0.1) is 19.8 Å². The molecule has 0 spiro atoms. The average molecular weight is 429 g/mol. The SMILES string of the molecule is COc1ccc(N2CCN(C[C@@H](O)COCCC34CC5CC(CC(C5)C3)C4)CC2)cc1. The van der Waals surface area contributed by atoms with Gasteiger partial charge in [-0.3, -0.25) is 4.90 Å². The Morgan fingerprint density at radius 1 is 0.968 bits per heavy atom. The smallest absolute Gasteiger partial charge is 0.119 e. The van der Waals surface area contributed by atoms with Crippen molar-refractivity contribution in [2.45, 2.75) is 51.0 Å². The molecular weight excluding hydrogens is 388 g/mol. The first-order valence-electron chi connectivity index (χ1n) is 12.5. The number of hydrogen-bond donors (Lipinski definition) is 1. The second kappa shape index (κ2) is 9.29. The fraction of sp³-hybridized carbons (Fsp3) is 0.769. The third kappa shape index (κ3) is 5.04. The van der Waals surface area contributed by atoms with E-state index in [9.17, 15) is 5.11 Å². The van der Waals surface area contributed by atoms with Gasteiger partial charge >= 0.3 is 0 Å². The zero-order valence-electron chi connectivity index (χ0n) is 19.2. The summed E-state index contributed by atoms with van der Waals surface area (Å²) >= 11 is 0. The standard InChI is InChI=1S/C26H40N2O3/c1-30-25-4-2-23(3-5-25)28-9-7-27(8-10-28)18-24(29)19-31-11-6-26-15-20-12-21(16-26)14-22(13-20)17-26/h2-5,20-22,24,29H,6-19H2,1H3/t20?,21?,22?,24-,26?/m1/s1. The van der Waals surface area contributed by atoms with Crippen LogP contribution < -0.4 is 9.64 Å². The fourth-order valence-corrected chi connectivity index (χ4v) is 7.44. The molecule has 4 bridgehead atoms. The molecule has 1 aromatic carbocycles. The molecule has 4 saturated carbocycles. The highest BCUT2D eigenvalue weighted by Crippen LogP contribution is 2.61. The van der Waals surface area contributed by atoms with Crippen LogP contribution >= 0.6 is 0 Å². The van der Waals surface area contributed by atoms with E-state index in [1.54, 1.807) is 7.11 Å². The van der Waals surface area contributed by atoms with E-state index in [1.165, 1.54) is 50.6 Å². The minimum Gasteiger partial charge on any atom is -0.497 e. The quantitative estimate of drug-likeness (QED) is 0.606. The van der Waals surface area contributed by atoms with Crippen LogP contribution in [0.2, 0.25) is 0 Å². The Balaban J connectivity index is 0.992. The van der Waals surface area contributed by atoms with Crippen molar-refractivity contribution in [2.75, 3.05) is 57.9 Å². The van der Waals surface area contributed by atoms with Crippen LogP contribution in [-0.2, 0) is 4.74 Å². The van der Waals surface area contributed by atoms with Crippen LogP contribution in [0.25, 0.3) is 0 Å². The molecule has 0 amide bonds. The summed E-state index contributed by atoms with van der Waals surface area (Å²) in [6.45, 7) is 5.97. The first-order valence-corrected chi connectivity index (χ1v) is 12.5. The van der Waals surface area contributed by atoms with Crippen LogP contribution in [0.5, 0.6) is 5.75 Å². The van der Waals surface area contributed by atoms with Gasteiger partial charge in [0.25, 0.3) is 0 Å². The van der Waals surface area contributed by atoms with Gasteiger partial charge in [-0.1, -0.05) is 0 Å². The number of ether oxygens (including phenoxy) is 2. The van der Waals surface area contributed by atoms with E-state index in [1.807, 2.05) is 12.1 Å². The summed E-state index contributed by atoms with van der Waals surface area (Å²) in [5.74, 6) is 3.92. The van der Waals surface area contributed by atoms with Gasteiger partial charge in [0.15, 0.2) is 0 Å². The molecule has 31 heavy (non-hydrogen) atoms. The average Bonchev–Trinajstić information content (AvgIpc) is 2.76. The van der Waals surface area contributed by atoms with E-state index in [2.05, 4.69) is 21.9 Å². The largest absolute Gasteiger partial charge is 0.497 e. The van der Waals surface area contributed by atoms with E-state index < -0.39 is 0 Å². The summed E-state index contributed by atoms with van der Waals surface area (Å²) in [6.07, 6.45) is 9.68. The summed E-state index contributed by atoms with van der Waals surface area (Å²) in [7, 11) is 1.70. The molecule has 1 saturated heterocycles. The second-order valence-corrected chi connectivity index (χ2v) is 10.9. The number of aliphatic hydroxyl groups excluding tert-OH is 1. The summed E-state index contributed by atoms with van der Waals surface area (Å²) in [5.41, 5.74) is 1.83. The van der Waals surface area contributed by atoms with Crippen LogP contribution in [0.1, 0.15) is 44.9 Å². The van der Waals surface area contributed by atoms with Crippen molar-refractivity contribution in [1.29, 1.82) is 0 Å². The molecule has 1 aromatic rings. The Hall–Kier alpha value is -1.30. The Kier molecular flexibility index (Phi) is 6.45. The van der Waals surface area contributed by atoms with E-state index in [0.29, 0.717) is 18.6 Å². The van der Waals surface area contributed by atoms with Crippen molar-refractivity contribution in [1.82, 2.24) is 4.90 Å². The van der Waals surface area contributed by atoms with Crippen molar-refractivity contribution in [3.05, 3.63) is 24.3 Å². The number of nitrogens with zero attached hydrogens (tertiary/aromatic N) is 2. The lowest BCUT2D eigenvalue weighted by molar-refractivity contribution is -0.0741. The Labute approximate surface area is 187 Å². The number of piperazine rings is 1. The molecule has 6 rings (SSSR count). The zero-order chi connectivity index (χ0) is 21.3. The Morgan fingerprint density at radius 2 is 1.58 bits per heavy atom. The Morgan fingerprint density at radius 3 is 2.16 bits per heavy atom. The number of hydrogen-bond acceptors (Lipinski definition) is 5. The first-order chi connectivity index (χ1) is 15.1. The molecule has 5 heteroatoms. The number of anilines is 1. The maximum atomic E-state index is 10.5. The van der Waals surface area contributed by atoms with Gasteiger partial charge in [-0.25, -0.2) is 0 Å². The predicted octanol–water partition coefficient (Wildman–Crippen LogP) is 3.80. The molecular formula is C26H40N2O3. The maximum Gasteiger partial charge on any atom is 0.119 e. The molecule has 172 valence electrons. The number of aliphatic hydroxyl groups is 1. The van der Waals surface area contributed by atoms with E-state index in [4.69, 9.17) is 9.47 Å². The van der Waals surface area contributed by atoms with Crippen LogP contribution in [-0.4, -0.2) is 69.2 Å². The number of rotatable bonds is 9. The summed E-state index contributed by atoms with van der Waals surface area (Å²) in [5, 5.41) is 10.5. The van der Waals surface area contributed by atoms with Crippen LogP contribution in [0.4, 0.5) is 5.69 Å². The predicted molar refractivity (Wildman–Crippen MR) is 124 cm³/mol. The zero-order valence-corrected chi connectivity index (χ0v) is 19.2. The lowest BCUT2D eigenvalue weighted by atomic mass is 9.49. The molecule has 4 aliphatic carbocycles.